The van der Waals surface area contributed by atoms with Crippen LogP contribution in [0.1, 0.15) is 54.2 Å². The molecule has 0 aliphatic rings. The minimum atomic E-state index is -4.25. The topological polar surface area (TPSA) is 153 Å². The van der Waals surface area contributed by atoms with Crippen molar-refractivity contribution in [2.45, 2.75) is 58.5 Å². The van der Waals surface area contributed by atoms with Crippen molar-refractivity contribution in [3.63, 3.8) is 0 Å². The molecule has 0 bridgehead atoms. The van der Waals surface area contributed by atoms with Gasteiger partial charge in [-0.05, 0) is 61.1 Å². The number of nitrogens with zero attached hydrogens (tertiary/aromatic N) is 3. The summed E-state index contributed by atoms with van der Waals surface area (Å²) in [6, 6.07) is 15.9. The molecule has 0 saturated carbocycles. The minimum absolute atomic E-state index is 0.0664. The van der Waals surface area contributed by atoms with E-state index in [9.17, 15) is 23.1 Å². The first kappa shape index (κ1) is 33.3. The second-order valence-corrected chi connectivity index (χ2v) is 13.9. The second kappa shape index (κ2) is 13.6. The van der Waals surface area contributed by atoms with Gasteiger partial charge in [0, 0.05) is 43.0 Å². The Labute approximate surface area is 263 Å². The standard InChI is InChI=1S/C33H39N5O6S/c1-21-10-7-11-22(2)29(21)27-17-28(36-32(35-27)37-45(42,43)26-14-8-12-23(16-26)31(40)41)44-20-25(18-33(3,4)5)34-19-24-13-9-15-38(6)30(24)39/h7-17,25,34H,18-20H2,1-6H3,(H,40,41)(H,35,36,37)/t25-/m1/s1. The third kappa shape index (κ3) is 8.77. The van der Waals surface area contributed by atoms with Crippen molar-refractivity contribution in [3.8, 4) is 17.1 Å². The second-order valence-electron chi connectivity index (χ2n) is 12.2. The molecule has 2 aromatic heterocycles. The lowest BCUT2D eigenvalue weighted by Crippen LogP contribution is -2.39. The first-order chi connectivity index (χ1) is 21.1. The average Bonchev–Trinajstić information content (AvgIpc) is 2.95. The Morgan fingerprint density at radius 2 is 1.71 bits per heavy atom. The number of rotatable bonds is 12. The number of benzene rings is 2. The highest BCUT2D eigenvalue weighted by atomic mass is 32.2. The van der Waals surface area contributed by atoms with Gasteiger partial charge in [-0.1, -0.05) is 51.1 Å². The van der Waals surface area contributed by atoms with E-state index in [0.29, 0.717) is 24.2 Å². The molecule has 45 heavy (non-hydrogen) atoms. The van der Waals surface area contributed by atoms with Crippen molar-refractivity contribution >= 4 is 21.9 Å². The van der Waals surface area contributed by atoms with E-state index in [1.54, 1.807) is 25.4 Å². The van der Waals surface area contributed by atoms with Gasteiger partial charge in [0.25, 0.3) is 15.6 Å². The van der Waals surface area contributed by atoms with Crippen LogP contribution in [-0.2, 0) is 23.6 Å². The van der Waals surface area contributed by atoms with Gasteiger partial charge in [0.2, 0.25) is 11.8 Å². The maximum Gasteiger partial charge on any atom is 0.335 e. The highest BCUT2D eigenvalue weighted by Crippen LogP contribution is 2.30. The van der Waals surface area contributed by atoms with E-state index in [1.807, 2.05) is 38.1 Å². The summed E-state index contributed by atoms with van der Waals surface area (Å²) in [4.78, 5) is 32.7. The predicted octanol–water partition coefficient (Wildman–Crippen LogP) is 4.93. The first-order valence-electron chi connectivity index (χ1n) is 14.5. The Morgan fingerprint density at radius 1 is 1.02 bits per heavy atom. The van der Waals surface area contributed by atoms with Crippen molar-refractivity contribution < 1.29 is 23.1 Å². The Balaban J connectivity index is 1.67. The summed E-state index contributed by atoms with van der Waals surface area (Å²) in [5.41, 5.74) is 3.44. The smallest absolute Gasteiger partial charge is 0.335 e. The van der Waals surface area contributed by atoms with Crippen molar-refractivity contribution in [3.05, 3.63) is 99.5 Å². The lowest BCUT2D eigenvalue weighted by atomic mass is 9.88. The quantitative estimate of drug-likeness (QED) is 0.197. The maximum absolute atomic E-state index is 13.3. The van der Waals surface area contributed by atoms with E-state index in [4.69, 9.17) is 4.74 Å². The molecule has 4 aromatic rings. The van der Waals surface area contributed by atoms with Gasteiger partial charge in [-0.3, -0.25) is 4.79 Å². The van der Waals surface area contributed by atoms with Crippen molar-refractivity contribution in [2.75, 3.05) is 11.3 Å². The molecule has 1 atom stereocenters. The van der Waals surface area contributed by atoms with Crippen LogP contribution in [0.4, 0.5) is 5.95 Å². The molecule has 11 nitrogen and oxygen atoms in total. The molecule has 0 saturated heterocycles. The van der Waals surface area contributed by atoms with Crippen molar-refractivity contribution in [1.29, 1.82) is 0 Å². The van der Waals surface area contributed by atoms with E-state index in [2.05, 4.69) is 40.8 Å². The number of ether oxygens (including phenoxy) is 1. The third-order valence-corrected chi connectivity index (χ3v) is 8.46. The average molecular weight is 634 g/mol. The lowest BCUT2D eigenvalue weighted by molar-refractivity contribution is 0.0696. The lowest BCUT2D eigenvalue weighted by Gasteiger charge is -2.27. The summed E-state index contributed by atoms with van der Waals surface area (Å²) in [5.74, 6) is -1.32. The molecule has 0 unspecified atom stereocenters. The van der Waals surface area contributed by atoms with Gasteiger partial charge in [0.05, 0.1) is 16.2 Å². The zero-order valence-electron chi connectivity index (χ0n) is 26.3. The predicted molar refractivity (Wildman–Crippen MR) is 173 cm³/mol. The van der Waals surface area contributed by atoms with E-state index in [1.165, 1.54) is 22.8 Å². The summed E-state index contributed by atoms with van der Waals surface area (Å²) in [5, 5.41) is 12.8. The fraction of sp³-hybridized carbons (Fsp3) is 0.333. The molecule has 12 heteroatoms. The normalized spacial score (nSPS) is 12.5. The summed E-state index contributed by atoms with van der Waals surface area (Å²) < 4.78 is 36.7. The van der Waals surface area contributed by atoms with Crippen LogP contribution in [0.25, 0.3) is 11.3 Å². The first-order valence-corrected chi connectivity index (χ1v) is 15.9. The van der Waals surface area contributed by atoms with Crippen LogP contribution in [0.15, 0.2) is 76.6 Å². The van der Waals surface area contributed by atoms with Crippen LogP contribution < -0.4 is 20.3 Å². The summed E-state index contributed by atoms with van der Waals surface area (Å²) >= 11 is 0. The molecular weight excluding hydrogens is 594 g/mol. The van der Waals surface area contributed by atoms with Crippen molar-refractivity contribution in [1.82, 2.24) is 19.9 Å². The third-order valence-electron chi connectivity index (χ3n) is 7.13. The number of pyridine rings is 1. The number of sulfonamides is 1. The fourth-order valence-electron chi connectivity index (χ4n) is 5.02. The van der Waals surface area contributed by atoms with Crippen LogP contribution in [0.3, 0.4) is 0 Å². The number of carbonyl (C=O) groups is 1. The summed E-state index contributed by atoms with van der Waals surface area (Å²) in [6.07, 6.45) is 2.42. The van der Waals surface area contributed by atoms with Gasteiger partial charge in [-0.15, -0.1) is 0 Å². The Kier molecular flexibility index (Phi) is 10.1. The zero-order valence-corrected chi connectivity index (χ0v) is 27.1. The molecule has 2 heterocycles. The van der Waals surface area contributed by atoms with Crippen molar-refractivity contribution in [2.24, 2.45) is 12.5 Å². The van der Waals surface area contributed by atoms with Crippen LogP contribution >= 0.6 is 0 Å². The largest absolute Gasteiger partial charge is 0.478 e. The Bertz CT molecular complexity index is 1840. The summed E-state index contributed by atoms with van der Waals surface area (Å²) in [6.45, 7) is 10.7. The van der Waals surface area contributed by atoms with Gasteiger partial charge >= 0.3 is 5.97 Å². The molecule has 3 N–H and O–H groups in total. The van der Waals surface area contributed by atoms with E-state index < -0.39 is 16.0 Å². The zero-order chi connectivity index (χ0) is 32.9. The van der Waals surface area contributed by atoms with Gasteiger partial charge in [0.1, 0.15) is 6.61 Å². The number of carboxylic acid groups (broad SMARTS) is 1. The number of nitrogens with one attached hydrogen (secondary N) is 2. The molecule has 0 radical (unpaired) electrons. The van der Waals surface area contributed by atoms with Crippen LogP contribution in [0.5, 0.6) is 5.88 Å². The van der Waals surface area contributed by atoms with Gasteiger partial charge in [-0.2, -0.15) is 4.98 Å². The molecule has 4 rings (SSSR count). The van der Waals surface area contributed by atoms with Crippen LogP contribution in [-0.4, -0.2) is 46.7 Å². The van der Waals surface area contributed by atoms with Gasteiger partial charge in [0.15, 0.2) is 0 Å². The minimum Gasteiger partial charge on any atom is -0.478 e. The molecule has 0 fully saturated rings. The maximum atomic E-state index is 13.3. The number of carboxylic acids is 1. The Hall–Kier alpha value is -4.55. The molecule has 0 spiro atoms. The molecule has 2 aromatic carbocycles. The highest BCUT2D eigenvalue weighted by molar-refractivity contribution is 7.92. The molecule has 0 amide bonds. The number of hydrogen-bond donors (Lipinski definition) is 3. The van der Waals surface area contributed by atoms with Crippen LogP contribution in [0, 0.1) is 19.3 Å². The van der Waals surface area contributed by atoms with Gasteiger partial charge < -0.3 is 19.7 Å². The molecule has 238 valence electrons. The van der Waals surface area contributed by atoms with E-state index >= 15 is 0 Å². The number of aryl methyl sites for hydroxylation is 3. The van der Waals surface area contributed by atoms with Crippen LogP contribution in [0.2, 0.25) is 0 Å². The van der Waals surface area contributed by atoms with E-state index in [0.717, 1.165) is 22.8 Å². The fourth-order valence-corrected chi connectivity index (χ4v) is 6.01. The molecule has 0 aliphatic heterocycles. The number of anilines is 1. The molecular formula is C33H39N5O6S. The number of aromatic nitrogens is 3. The highest BCUT2D eigenvalue weighted by Gasteiger charge is 2.23. The van der Waals surface area contributed by atoms with E-state index in [-0.39, 0.29) is 45.9 Å². The SMILES string of the molecule is Cc1cccc(C)c1-c1cc(OC[C@@H](CC(C)(C)C)NCc2cccn(C)c2=O)nc(NS(=O)(=O)c2cccc(C(=O)O)c2)n1. The number of aromatic carboxylic acids is 1. The summed E-state index contributed by atoms with van der Waals surface area (Å²) in [7, 11) is -2.54. The monoisotopic (exact) mass is 633 g/mol. The molecule has 0 aliphatic carbocycles. The Morgan fingerprint density at radius 3 is 2.38 bits per heavy atom. The van der Waals surface area contributed by atoms with Gasteiger partial charge in [-0.25, -0.2) is 22.9 Å². The number of hydrogen-bond acceptors (Lipinski definition) is 8.